The second-order valence-electron chi connectivity index (χ2n) is 2.94. The largest absolute Gasteiger partial charge is 0.0909 e. The Kier molecular flexibility index (Phi) is 5.59. The number of hydrogen-bond acceptors (Lipinski definition) is 1. The molecule has 0 unspecified atom stereocenters. The monoisotopic (exact) mass is 224 g/mol. The van der Waals surface area contributed by atoms with E-state index in [2.05, 4.69) is 18.1 Å². The van der Waals surface area contributed by atoms with Gasteiger partial charge in [0, 0.05) is 16.3 Å². The number of halogens is 1. The lowest BCUT2D eigenvalue weighted by atomic mass is 10.3. The molecule has 1 aromatic carbocycles. The highest BCUT2D eigenvalue weighted by atomic mass is 35.5. The standard InChI is InChI=1S/C12H13ClS/c1-2-3-4-5-10-14-12-8-6-11(13)7-9-12/h6-9H,2-4H2,1H3. The summed E-state index contributed by atoms with van der Waals surface area (Å²) in [6.45, 7) is 2.17. The molecule has 0 spiro atoms. The summed E-state index contributed by atoms with van der Waals surface area (Å²) >= 11 is 7.33. The summed E-state index contributed by atoms with van der Waals surface area (Å²) in [7, 11) is 0. The lowest BCUT2D eigenvalue weighted by Crippen LogP contribution is -1.68. The zero-order chi connectivity index (χ0) is 10.2. The molecule has 74 valence electrons. The summed E-state index contributed by atoms with van der Waals surface area (Å²) in [6.07, 6.45) is 3.39. The van der Waals surface area contributed by atoms with Crippen molar-refractivity contribution in [2.24, 2.45) is 0 Å². The first kappa shape index (κ1) is 11.5. The van der Waals surface area contributed by atoms with Gasteiger partial charge in [-0.3, -0.25) is 0 Å². The molecule has 0 saturated heterocycles. The van der Waals surface area contributed by atoms with Gasteiger partial charge in [0.1, 0.15) is 0 Å². The molecule has 0 heterocycles. The third kappa shape index (κ3) is 4.60. The number of unbranched alkanes of at least 4 members (excludes halogenated alkanes) is 2. The molecule has 1 aromatic rings. The molecule has 0 N–H and O–H groups in total. The van der Waals surface area contributed by atoms with Crippen molar-refractivity contribution in [3.63, 3.8) is 0 Å². The van der Waals surface area contributed by atoms with Gasteiger partial charge in [0.25, 0.3) is 0 Å². The molecular formula is C12H13ClS. The van der Waals surface area contributed by atoms with Crippen molar-refractivity contribution in [2.45, 2.75) is 31.1 Å². The minimum Gasteiger partial charge on any atom is -0.0909 e. The maximum atomic E-state index is 5.77. The Labute approximate surface area is 95.0 Å². The predicted octanol–water partition coefficient (Wildman–Crippen LogP) is 4.58. The Balaban J connectivity index is 2.36. The summed E-state index contributed by atoms with van der Waals surface area (Å²) in [4.78, 5) is 1.15. The first-order chi connectivity index (χ1) is 6.83. The van der Waals surface area contributed by atoms with Crippen LogP contribution in [-0.2, 0) is 0 Å². The maximum Gasteiger partial charge on any atom is 0.0406 e. The highest BCUT2D eigenvalue weighted by molar-refractivity contribution is 8.03. The van der Waals surface area contributed by atoms with Gasteiger partial charge in [-0.1, -0.05) is 30.9 Å². The average Bonchev–Trinajstić information content (AvgIpc) is 2.21. The van der Waals surface area contributed by atoms with Crippen molar-refractivity contribution in [3.8, 4) is 11.2 Å². The number of rotatable bonds is 3. The molecule has 0 fully saturated rings. The Bertz CT molecular complexity index is 318. The summed E-state index contributed by atoms with van der Waals surface area (Å²) < 4.78 is 0. The third-order valence-electron chi connectivity index (χ3n) is 1.71. The quantitative estimate of drug-likeness (QED) is 0.411. The highest BCUT2D eigenvalue weighted by Crippen LogP contribution is 2.19. The molecule has 0 aliphatic carbocycles. The molecule has 0 aliphatic heterocycles. The zero-order valence-electron chi connectivity index (χ0n) is 8.22. The highest BCUT2D eigenvalue weighted by Gasteiger charge is 1.89. The molecule has 0 amide bonds. The van der Waals surface area contributed by atoms with E-state index in [0.29, 0.717) is 0 Å². The fourth-order valence-electron chi connectivity index (χ4n) is 0.914. The normalized spacial score (nSPS) is 9.29. The van der Waals surface area contributed by atoms with Crippen LogP contribution in [-0.4, -0.2) is 0 Å². The average molecular weight is 225 g/mol. The first-order valence-electron chi connectivity index (χ1n) is 4.73. The van der Waals surface area contributed by atoms with E-state index in [1.165, 1.54) is 12.8 Å². The molecule has 0 atom stereocenters. The number of thioether (sulfide) groups is 1. The van der Waals surface area contributed by atoms with Gasteiger partial charge in [-0.25, -0.2) is 0 Å². The van der Waals surface area contributed by atoms with Crippen LogP contribution >= 0.6 is 23.4 Å². The molecule has 0 saturated carbocycles. The van der Waals surface area contributed by atoms with Crippen LogP contribution in [0.3, 0.4) is 0 Å². The van der Waals surface area contributed by atoms with E-state index in [4.69, 9.17) is 11.6 Å². The molecule has 0 nitrogen and oxygen atoms in total. The van der Waals surface area contributed by atoms with Crippen LogP contribution in [0, 0.1) is 11.2 Å². The topological polar surface area (TPSA) is 0 Å². The van der Waals surface area contributed by atoms with Crippen molar-refractivity contribution < 1.29 is 0 Å². The Morgan fingerprint density at radius 2 is 2.00 bits per heavy atom. The van der Waals surface area contributed by atoms with E-state index in [0.717, 1.165) is 16.3 Å². The van der Waals surface area contributed by atoms with Gasteiger partial charge in [0.2, 0.25) is 0 Å². The van der Waals surface area contributed by atoms with Crippen LogP contribution in [0.4, 0.5) is 0 Å². The van der Waals surface area contributed by atoms with Crippen LogP contribution < -0.4 is 0 Å². The van der Waals surface area contributed by atoms with E-state index in [9.17, 15) is 0 Å². The Morgan fingerprint density at radius 1 is 1.29 bits per heavy atom. The van der Waals surface area contributed by atoms with Gasteiger partial charge in [-0.2, -0.15) is 0 Å². The fraction of sp³-hybridized carbons (Fsp3) is 0.333. The van der Waals surface area contributed by atoms with Crippen molar-refractivity contribution >= 4 is 23.4 Å². The molecule has 0 bridgehead atoms. The van der Waals surface area contributed by atoms with Gasteiger partial charge in [-0.15, -0.1) is 0 Å². The fourth-order valence-corrected chi connectivity index (χ4v) is 1.60. The molecule has 2 heteroatoms. The molecule has 1 rings (SSSR count). The van der Waals surface area contributed by atoms with Gasteiger partial charge in [0.05, 0.1) is 0 Å². The molecule has 0 aliphatic rings. The second-order valence-corrected chi connectivity index (χ2v) is 4.25. The van der Waals surface area contributed by atoms with Gasteiger partial charge in [-0.05, 0) is 47.7 Å². The van der Waals surface area contributed by atoms with Gasteiger partial charge >= 0.3 is 0 Å². The molecule has 0 radical (unpaired) electrons. The zero-order valence-corrected chi connectivity index (χ0v) is 9.79. The summed E-state index contributed by atoms with van der Waals surface area (Å²) in [6, 6.07) is 7.75. The van der Waals surface area contributed by atoms with Crippen LogP contribution in [0.25, 0.3) is 0 Å². The van der Waals surface area contributed by atoms with Crippen LogP contribution in [0.15, 0.2) is 29.2 Å². The summed E-state index contributed by atoms with van der Waals surface area (Å²) in [5.74, 6) is 3.13. The van der Waals surface area contributed by atoms with Crippen LogP contribution in [0.1, 0.15) is 26.2 Å². The van der Waals surface area contributed by atoms with Gasteiger partial charge in [0.15, 0.2) is 0 Å². The second kappa shape index (κ2) is 6.81. The summed E-state index contributed by atoms with van der Waals surface area (Å²) in [5.41, 5.74) is 0. The van der Waals surface area contributed by atoms with E-state index in [1.54, 1.807) is 11.8 Å². The minimum atomic E-state index is 0.772. The first-order valence-corrected chi connectivity index (χ1v) is 5.92. The SMILES string of the molecule is CCCCC#CSc1ccc(Cl)cc1. The van der Waals surface area contributed by atoms with Crippen LogP contribution in [0.5, 0.6) is 0 Å². The van der Waals surface area contributed by atoms with Crippen molar-refractivity contribution in [1.29, 1.82) is 0 Å². The van der Waals surface area contributed by atoms with E-state index < -0.39 is 0 Å². The van der Waals surface area contributed by atoms with Crippen molar-refractivity contribution in [3.05, 3.63) is 29.3 Å². The smallest absolute Gasteiger partial charge is 0.0406 e. The lowest BCUT2D eigenvalue weighted by Gasteiger charge is -1.92. The van der Waals surface area contributed by atoms with E-state index >= 15 is 0 Å². The van der Waals surface area contributed by atoms with Gasteiger partial charge < -0.3 is 0 Å². The summed E-state index contributed by atoms with van der Waals surface area (Å²) in [5, 5.41) is 3.85. The third-order valence-corrected chi connectivity index (χ3v) is 2.72. The number of benzene rings is 1. The Hall–Kier alpha value is -0.580. The predicted molar refractivity (Wildman–Crippen MR) is 64.6 cm³/mol. The minimum absolute atomic E-state index is 0.772. The van der Waals surface area contributed by atoms with Crippen molar-refractivity contribution in [2.75, 3.05) is 0 Å². The molecular weight excluding hydrogens is 212 g/mol. The van der Waals surface area contributed by atoms with Crippen molar-refractivity contribution in [1.82, 2.24) is 0 Å². The molecule has 0 aromatic heterocycles. The lowest BCUT2D eigenvalue weighted by molar-refractivity contribution is 0.828. The van der Waals surface area contributed by atoms with E-state index in [-0.39, 0.29) is 0 Å². The van der Waals surface area contributed by atoms with Crippen LogP contribution in [0.2, 0.25) is 5.02 Å². The number of hydrogen-bond donors (Lipinski definition) is 0. The Morgan fingerprint density at radius 3 is 2.64 bits per heavy atom. The van der Waals surface area contributed by atoms with E-state index in [1.807, 2.05) is 24.3 Å². The maximum absolute atomic E-state index is 5.77. The molecule has 14 heavy (non-hydrogen) atoms.